The molecule has 3 heterocycles. The predicted molar refractivity (Wildman–Crippen MR) is 85.4 cm³/mol. The number of nitrogens with zero attached hydrogens (tertiary/aromatic N) is 4. The number of guanidine groups is 1. The van der Waals surface area contributed by atoms with E-state index in [1.165, 1.54) is 19.0 Å². The van der Waals surface area contributed by atoms with Crippen LogP contribution < -0.4 is 5.32 Å². The third-order valence-corrected chi connectivity index (χ3v) is 5.17. The Kier molecular flexibility index (Phi) is 4.47. The Hall–Kier alpha value is -1.81. The number of rotatable bonds is 3. The fourth-order valence-electron chi connectivity index (χ4n) is 2.75. The number of ether oxygens (including phenoxy) is 1. The van der Waals surface area contributed by atoms with Gasteiger partial charge in [0.25, 0.3) is 0 Å². The molecule has 146 valence electrons. The van der Waals surface area contributed by atoms with Crippen LogP contribution in [0.2, 0.25) is 0 Å². The Balaban J connectivity index is 2.12. The summed E-state index contributed by atoms with van der Waals surface area (Å²) in [6.45, 7) is -0.557. The zero-order valence-corrected chi connectivity index (χ0v) is 14.6. The molecule has 0 radical (unpaired) electrons. The number of nitrogens with one attached hydrogen (secondary N) is 1. The molecule has 0 aliphatic carbocycles. The number of aliphatic imine (C=N–C) groups is 1. The SMILES string of the molecule is CN(C)C1=NC(O)(S(=O)(=O)O)c2ncn([C@@H]3O[C@H](CO)[C@@H](O)[C@H]3O)c2N1. The molecule has 1 fully saturated rings. The second-order valence-corrected chi connectivity index (χ2v) is 7.64. The zero-order valence-electron chi connectivity index (χ0n) is 13.8. The average Bonchev–Trinajstić information content (AvgIpc) is 3.09. The molecule has 1 saturated heterocycles. The van der Waals surface area contributed by atoms with Gasteiger partial charge in [0.1, 0.15) is 24.1 Å². The van der Waals surface area contributed by atoms with Gasteiger partial charge in [-0.1, -0.05) is 0 Å². The van der Waals surface area contributed by atoms with Gasteiger partial charge in [-0.25, -0.2) is 4.98 Å². The van der Waals surface area contributed by atoms with Crippen LogP contribution in [-0.4, -0.2) is 92.8 Å². The summed E-state index contributed by atoms with van der Waals surface area (Å²) in [6, 6.07) is 0. The van der Waals surface area contributed by atoms with Gasteiger partial charge in [0, 0.05) is 14.1 Å². The van der Waals surface area contributed by atoms with E-state index in [0.717, 1.165) is 10.9 Å². The van der Waals surface area contributed by atoms with Crippen LogP contribution >= 0.6 is 0 Å². The van der Waals surface area contributed by atoms with Crippen molar-refractivity contribution in [3.05, 3.63) is 12.0 Å². The highest BCUT2D eigenvalue weighted by Crippen LogP contribution is 2.40. The van der Waals surface area contributed by atoms with Crippen LogP contribution in [0.1, 0.15) is 11.9 Å². The molecule has 0 spiro atoms. The van der Waals surface area contributed by atoms with E-state index in [1.807, 2.05) is 0 Å². The summed E-state index contributed by atoms with van der Waals surface area (Å²) in [5.41, 5.74) is -0.539. The minimum atomic E-state index is -5.12. The maximum absolute atomic E-state index is 11.7. The first kappa shape index (κ1) is 19.0. The fraction of sp³-hybridized carbons (Fsp3) is 0.667. The number of aliphatic hydroxyl groups excluding tert-OH is 3. The van der Waals surface area contributed by atoms with Crippen molar-refractivity contribution in [2.45, 2.75) is 29.6 Å². The molecule has 2 aliphatic rings. The number of aliphatic hydroxyl groups is 4. The quantitative estimate of drug-likeness (QED) is 0.284. The monoisotopic (exact) mass is 393 g/mol. The molecule has 14 heteroatoms. The van der Waals surface area contributed by atoms with Gasteiger partial charge in [0.15, 0.2) is 11.9 Å². The van der Waals surface area contributed by atoms with E-state index in [0.29, 0.717) is 0 Å². The van der Waals surface area contributed by atoms with E-state index in [4.69, 9.17) is 4.74 Å². The van der Waals surface area contributed by atoms with Crippen LogP contribution in [0.15, 0.2) is 11.3 Å². The zero-order chi connectivity index (χ0) is 19.4. The first-order valence-corrected chi connectivity index (χ1v) is 8.88. The molecular formula is C12H19N5O8S. The first-order chi connectivity index (χ1) is 12.0. The van der Waals surface area contributed by atoms with E-state index >= 15 is 0 Å². The molecule has 6 N–H and O–H groups in total. The van der Waals surface area contributed by atoms with Gasteiger partial charge in [-0.15, -0.1) is 0 Å². The van der Waals surface area contributed by atoms with E-state index < -0.39 is 52.0 Å². The molecular weight excluding hydrogens is 374 g/mol. The van der Waals surface area contributed by atoms with E-state index in [2.05, 4.69) is 15.3 Å². The van der Waals surface area contributed by atoms with E-state index in [9.17, 15) is 33.4 Å². The Bertz CT molecular complexity index is 839. The van der Waals surface area contributed by atoms with Crippen LogP contribution in [0.4, 0.5) is 5.82 Å². The lowest BCUT2D eigenvalue weighted by Gasteiger charge is -2.30. The smallest absolute Gasteiger partial charge is 0.336 e. The minimum absolute atomic E-state index is 0.119. The van der Waals surface area contributed by atoms with Crippen molar-refractivity contribution in [2.75, 3.05) is 26.0 Å². The summed E-state index contributed by atoms with van der Waals surface area (Å²) in [7, 11) is -2.11. The lowest BCUT2D eigenvalue weighted by Crippen LogP contribution is -2.44. The number of hydrogen-bond donors (Lipinski definition) is 6. The van der Waals surface area contributed by atoms with Gasteiger partial charge in [0.2, 0.25) is 5.96 Å². The molecule has 26 heavy (non-hydrogen) atoms. The topological polar surface area (TPSA) is 190 Å². The van der Waals surface area contributed by atoms with Gasteiger partial charge < -0.3 is 35.4 Å². The summed E-state index contributed by atoms with van der Waals surface area (Å²) in [6.07, 6.45) is -4.12. The minimum Gasteiger partial charge on any atom is -0.394 e. The fourth-order valence-corrected chi connectivity index (χ4v) is 3.34. The number of hydrogen-bond acceptors (Lipinski definition) is 11. The second-order valence-electron chi connectivity index (χ2n) is 6.12. The lowest BCUT2D eigenvalue weighted by atomic mass is 10.1. The summed E-state index contributed by atoms with van der Waals surface area (Å²) >= 11 is 0. The average molecular weight is 393 g/mol. The van der Waals surface area contributed by atoms with Crippen molar-refractivity contribution in [1.29, 1.82) is 0 Å². The maximum atomic E-state index is 11.7. The van der Waals surface area contributed by atoms with Crippen LogP contribution in [0.3, 0.4) is 0 Å². The highest BCUT2D eigenvalue weighted by Gasteiger charge is 2.52. The molecule has 0 amide bonds. The highest BCUT2D eigenvalue weighted by molar-refractivity contribution is 7.86. The van der Waals surface area contributed by atoms with E-state index in [-0.39, 0.29) is 11.8 Å². The van der Waals surface area contributed by atoms with Gasteiger partial charge in [-0.05, 0) is 0 Å². The highest BCUT2D eigenvalue weighted by atomic mass is 32.2. The van der Waals surface area contributed by atoms with Crippen LogP contribution in [0, 0.1) is 0 Å². The molecule has 1 aromatic heterocycles. The third kappa shape index (κ3) is 2.66. The number of aromatic nitrogens is 2. The summed E-state index contributed by atoms with van der Waals surface area (Å²) in [4.78, 5) is 8.73. The molecule has 1 aromatic rings. The van der Waals surface area contributed by atoms with Crippen molar-refractivity contribution in [1.82, 2.24) is 14.5 Å². The molecule has 0 saturated carbocycles. The lowest BCUT2D eigenvalue weighted by molar-refractivity contribution is -0.0519. The van der Waals surface area contributed by atoms with Gasteiger partial charge in [-0.2, -0.15) is 13.4 Å². The van der Waals surface area contributed by atoms with Gasteiger partial charge >= 0.3 is 15.2 Å². The van der Waals surface area contributed by atoms with Crippen molar-refractivity contribution in [2.24, 2.45) is 4.99 Å². The molecule has 1 unspecified atom stereocenters. The third-order valence-electron chi connectivity index (χ3n) is 4.16. The van der Waals surface area contributed by atoms with Crippen molar-refractivity contribution >= 4 is 21.9 Å². The molecule has 3 rings (SSSR count). The number of anilines is 1. The molecule has 13 nitrogen and oxygen atoms in total. The second kappa shape index (κ2) is 6.12. The Morgan fingerprint density at radius 1 is 1.38 bits per heavy atom. The predicted octanol–water partition coefficient (Wildman–Crippen LogP) is -3.17. The largest absolute Gasteiger partial charge is 0.394 e. The Morgan fingerprint density at radius 2 is 2.04 bits per heavy atom. The van der Waals surface area contributed by atoms with Crippen LogP contribution in [0.25, 0.3) is 0 Å². The summed E-state index contributed by atoms with van der Waals surface area (Å²) in [5, 5.41) is 39.4. The van der Waals surface area contributed by atoms with Gasteiger partial charge in [-0.3, -0.25) is 9.12 Å². The number of fused-ring (bicyclic) bond motifs is 1. The van der Waals surface area contributed by atoms with Crippen molar-refractivity contribution < 1.29 is 38.1 Å². The number of imidazole rings is 1. The molecule has 0 aromatic carbocycles. The van der Waals surface area contributed by atoms with Crippen molar-refractivity contribution in [3.63, 3.8) is 0 Å². The van der Waals surface area contributed by atoms with E-state index in [1.54, 1.807) is 0 Å². The van der Waals surface area contributed by atoms with Crippen molar-refractivity contribution in [3.8, 4) is 0 Å². The molecule has 0 bridgehead atoms. The molecule has 2 aliphatic heterocycles. The van der Waals surface area contributed by atoms with Crippen LogP contribution in [0.5, 0.6) is 0 Å². The molecule has 5 atom stereocenters. The normalized spacial score (nSPS) is 34.2. The Morgan fingerprint density at radius 3 is 2.54 bits per heavy atom. The Labute approximate surface area is 147 Å². The first-order valence-electron chi connectivity index (χ1n) is 7.44. The van der Waals surface area contributed by atoms with Crippen LogP contribution in [-0.2, 0) is 19.9 Å². The summed E-state index contributed by atoms with van der Waals surface area (Å²) < 4.78 is 39.4. The van der Waals surface area contributed by atoms with Gasteiger partial charge in [0.05, 0.1) is 12.9 Å². The standard InChI is InChI=1S/C12H19N5O8S/c1-16(2)11-14-9-8(12(21,15-11)26(22,23)24)13-4-17(9)10-7(20)6(19)5(3-18)25-10/h4-7,10,18-21H,3H2,1-2H3,(H,14,15)(H,22,23,24)/t5-,6-,7-,10-,12?/m1/s1. The summed E-state index contributed by atoms with van der Waals surface area (Å²) in [5.74, 6) is -0.246. The maximum Gasteiger partial charge on any atom is 0.336 e.